The number of carbonyl (C=O) groups excluding carboxylic acids is 1. The molecule has 18 heavy (non-hydrogen) atoms. The van der Waals surface area contributed by atoms with E-state index < -0.39 is 4.92 Å². The summed E-state index contributed by atoms with van der Waals surface area (Å²) in [6.45, 7) is 1.36. The van der Waals surface area contributed by atoms with Crippen LogP contribution in [0.3, 0.4) is 0 Å². The van der Waals surface area contributed by atoms with Gasteiger partial charge in [0.2, 0.25) is 0 Å². The molecule has 1 aliphatic heterocycles. The predicted octanol–water partition coefficient (Wildman–Crippen LogP) is 0.767. The number of aromatic nitrogens is 1. The smallest absolute Gasteiger partial charge is 0.321 e. The summed E-state index contributed by atoms with van der Waals surface area (Å²) in [5, 5.41) is 19.4. The van der Waals surface area contributed by atoms with E-state index in [4.69, 9.17) is 5.11 Å². The van der Waals surface area contributed by atoms with Crippen LogP contribution in [-0.2, 0) is 0 Å². The molecule has 98 valence electrons. The van der Waals surface area contributed by atoms with E-state index in [1.54, 1.807) is 4.90 Å². The fourth-order valence-corrected chi connectivity index (χ4v) is 2.22. The summed E-state index contributed by atoms with van der Waals surface area (Å²) >= 11 is 0. The van der Waals surface area contributed by atoms with E-state index in [2.05, 4.69) is 4.98 Å². The van der Waals surface area contributed by atoms with Crippen LogP contribution in [0.25, 0.3) is 0 Å². The lowest BCUT2D eigenvalue weighted by Gasteiger charge is -2.14. The van der Waals surface area contributed by atoms with Crippen molar-refractivity contribution in [2.24, 2.45) is 5.92 Å². The number of amides is 1. The largest absolute Gasteiger partial charge is 0.396 e. The van der Waals surface area contributed by atoms with E-state index in [0.717, 1.165) is 6.42 Å². The summed E-state index contributed by atoms with van der Waals surface area (Å²) in [7, 11) is 0. The number of hydrogen-bond donors (Lipinski definition) is 2. The fourth-order valence-electron chi connectivity index (χ4n) is 2.22. The number of nitrogens with one attached hydrogen (secondary N) is 1. The number of hydrogen-bond acceptors (Lipinski definition) is 4. The number of nitro groups is 1. The molecule has 1 fully saturated rings. The van der Waals surface area contributed by atoms with E-state index in [1.165, 1.54) is 12.1 Å². The lowest BCUT2D eigenvalue weighted by atomic mass is 10.1. The van der Waals surface area contributed by atoms with E-state index >= 15 is 0 Å². The highest BCUT2D eigenvalue weighted by Crippen LogP contribution is 2.21. The molecule has 1 amide bonds. The van der Waals surface area contributed by atoms with E-state index in [0.29, 0.717) is 25.4 Å². The first-order valence-electron chi connectivity index (χ1n) is 5.85. The quantitative estimate of drug-likeness (QED) is 0.611. The third-order valence-corrected chi connectivity index (χ3v) is 3.21. The molecule has 1 unspecified atom stereocenters. The molecule has 0 aromatic carbocycles. The lowest BCUT2D eigenvalue weighted by Crippen LogP contribution is -2.29. The number of rotatable bonds is 4. The third-order valence-electron chi connectivity index (χ3n) is 3.21. The zero-order chi connectivity index (χ0) is 13.1. The maximum Gasteiger partial charge on any atom is 0.321 e. The van der Waals surface area contributed by atoms with Gasteiger partial charge in [-0.15, -0.1) is 0 Å². The molecule has 1 saturated heterocycles. The lowest BCUT2D eigenvalue weighted by molar-refractivity contribution is -0.389. The number of nitrogens with zero attached hydrogens (tertiary/aromatic N) is 2. The summed E-state index contributed by atoms with van der Waals surface area (Å²) in [5.41, 5.74) is 0.242. The Morgan fingerprint density at radius 3 is 3.00 bits per heavy atom. The van der Waals surface area contributed by atoms with Crippen LogP contribution in [0.5, 0.6) is 0 Å². The Labute approximate surface area is 104 Å². The Kier molecular flexibility index (Phi) is 3.61. The molecule has 1 aromatic rings. The normalized spacial score (nSPS) is 19.2. The molecule has 2 rings (SSSR count). The Morgan fingerprint density at radius 2 is 2.39 bits per heavy atom. The van der Waals surface area contributed by atoms with Gasteiger partial charge >= 0.3 is 5.82 Å². The molecule has 0 saturated carbocycles. The Hall–Kier alpha value is -1.89. The third kappa shape index (κ3) is 2.51. The van der Waals surface area contributed by atoms with Crippen LogP contribution in [0.2, 0.25) is 0 Å². The van der Waals surface area contributed by atoms with Crippen molar-refractivity contribution in [1.82, 2.24) is 9.88 Å². The minimum absolute atomic E-state index is 0.126. The zero-order valence-electron chi connectivity index (χ0n) is 9.83. The summed E-state index contributed by atoms with van der Waals surface area (Å²) < 4.78 is 0. The van der Waals surface area contributed by atoms with Gasteiger partial charge < -0.3 is 20.1 Å². The molecule has 0 radical (unpaired) electrons. The molecular weight excluding hydrogens is 238 g/mol. The van der Waals surface area contributed by atoms with Crippen molar-refractivity contribution < 1.29 is 14.8 Å². The second-order valence-electron chi connectivity index (χ2n) is 4.43. The van der Waals surface area contributed by atoms with E-state index in [9.17, 15) is 14.9 Å². The van der Waals surface area contributed by atoms with Gasteiger partial charge in [0.25, 0.3) is 5.91 Å². The topological polar surface area (TPSA) is 99.5 Å². The maximum absolute atomic E-state index is 12.0. The first-order valence-corrected chi connectivity index (χ1v) is 5.85. The van der Waals surface area contributed by atoms with Crippen LogP contribution >= 0.6 is 0 Å². The van der Waals surface area contributed by atoms with Gasteiger partial charge in [0.1, 0.15) is 0 Å². The molecule has 7 heteroatoms. The van der Waals surface area contributed by atoms with Crippen LogP contribution in [0.15, 0.2) is 12.1 Å². The number of carbonyl (C=O) groups is 1. The van der Waals surface area contributed by atoms with Gasteiger partial charge in [0.05, 0.1) is 0 Å². The molecule has 1 atom stereocenters. The van der Waals surface area contributed by atoms with E-state index in [-0.39, 0.29) is 24.0 Å². The van der Waals surface area contributed by atoms with Crippen LogP contribution in [0.1, 0.15) is 23.3 Å². The van der Waals surface area contributed by atoms with Crippen molar-refractivity contribution >= 4 is 11.7 Å². The second kappa shape index (κ2) is 5.18. The summed E-state index contributed by atoms with van der Waals surface area (Å²) in [5.74, 6) is -0.0723. The van der Waals surface area contributed by atoms with Gasteiger partial charge in [0, 0.05) is 25.8 Å². The zero-order valence-corrected chi connectivity index (χ0v) is 9.83. The van der Waals surface area contributed by atoms with Gasteiger partial charge in [-0.1, -0.05) is 0 Å². The van der Waals surface area contributed by atoms with Crippen molar-refractivity contribution in [1.29, 1.82) is 0 Å². The number of aliphatic hydroxyl groups is 1. The highest BCUT2D eigenvalue weighted by atomic mass is 16.6. The number of aromatic amines is 1. The van der Waals surface area contributed by atoms with Gasteiger partial charge in [-0.2, -0.15) is 0 Å². The molecule has 0 aliphatic carbocycles. The second-order valence-corrected chi connectivity index (χ2v) is 4.43. The van der Waals surface area contributed by atoms with Crippen molar-refractivity contribution in [3.63, 3.8) is 0 Å². The average molecular weight is 253 g/mol. The molecule has 1 aromatic heterocycles. The monoisotopic (exact) mass is 253 g/mol. The summed E-state index contributed by atoms with van der Waals surface area (Å²) in [6, 6.07) is 2.72. The van der Waals surface area contributed by atoms with Crippen molar-refractivity contribution in [2.45, 2.75) is 12.8 Å². The van der Waals surface area contributed by atoms with Crippen LogP contribution in [0.4, 0.5) is 5.82 Å². The first-order chi connectivity index (χ1) is 8.61. The number of likely N-dealkylation sites (tertiary alicyclic amines) is 1. The van der Waals surface area contributed by atoms with Gasteiger partial charge in [-0.05, 0) is 29.7 Å². The number of H-pyrrole nitrogens is 1. The Balaban J connectivity index is 2.01. The highest BCUT2D eigenvalue weighted by molar-refractivity contribution is 5.93. The summed E-state index contributed by atoms with van der Waals surface area (Å²) in [6.07, 6.45) is 1.56. The molecule has 2 N–H and O–H groups in total. The van der Waals surface area contributed by atoms with Gasteiger partial charge in [-0.25, -0.2) is 4.98 Å². The maximum atomic E-state index is 12.0. The SMILES string of the molecule is O=C(c1ccc([N+](=O)[O-])[nH]1)N1CCC(CCO)C1. The molecule has 2 heterocycles. The van der Waals surface area contributed by atoms with Gasteiger partial charge in [0.15, 0.2) is 5.69 Å². The first kappa shape index (κ1) is 12.6. The molecule has 7 nitrogen and oxygen atoms in total. The van der Waals surface area contributed by atoms with E-state index in [1.807, 2.05) is 0 Å². The fraction of sp³-hybridized carbons (Fsp3) is 0.545. The average Bonchev–Trinajstić information content (AvgIpc) is 2.97. The minimum Gasteiger partial charge on any atom is -0.396 e. The molecule has 1 aliphatic rings. The number of aliphatic hydroxyl groups excluding tert-OH is 1. The van der Waals surface area contributed by atoms with Crippen molar-refractivity contribution in [3.8, 4) is 0 Å². The molecule has 0 bridgehead atoms. The Bertz CT molecular complexity index is 457. The minimum atomic E-state index is -0.560. The Morgan fingerprint density at radius 1 is 1.61 bits per heavy atom. The molecular formula is C11H15N3O4. The van der Waals surface area contributed by atoms with Crippen molar-refractivity contribution in [2.75, 3.05) is 19.7 Å². The standard InChI is InChI=1S/C11H15N3O4/c15-6-4-8-3-5-13(7-8)11(16)9-1-2-10(12-9)14(17)18/h1-2,8,12,15H,3-7H2. The van der Waals surface area contributed by atoms with Crippen LogP contribution in [0, 0.1) is 16.0 Å². The van der Waals surface area contributed by atoms with Gasteiger partial charge in [-0.3, -0.25) is 4.79 Å². The molecule has 0 spiro atoms. The predicted molar refractivity (Wildman–Crippen MR) is 63.2 cm³/mol. The summed E-state index contributed by atoms with van der Waals surface area (Å²) in [4.78, 5) is 26.2. The van der Waals surface area contributed by atoms with Crippen LogP contribution < -0.4 is 0 Å². The van der Waals surface area contributed by atoms with Crippen molar-refractivity contribution in [3.05, 3.63) is 27.9 Å². The van der Waals surface area contributed by atoms with Crippen LogP contribution in [-0.4, -0.2) is 45.5 Å². The highest BCUT2D eigenvalue weighted by Gasteiger charge is 2.28.